The predicted molar refractivity (Wildman–Crippen MR) is 100 cm³/mol. The monoisotopic (exact) mass is 379 g/mol. The Labute approximate surface area is 153 Å². The summed E-state index contributed by atoms with van der Waals surface area (Å²) in [6, 6.07) is 11.9. The molecule has 0 fully saturated rings. The van der Waals surface area contributed by atoms with Crippen molar-refractivity contribution in [2.45, 2.75) is 18.7 Å². The molecule has 0 bridgehead atoms. The quantitative estimate of drug-likeness (QED) is 0.739. The van der Waals surface area contributed by atoms with Gasteiger partial charge in [-0.05, 0) is 36.4 Å². The molecule has 0 aliphatic rings. The number of halogens is 1. The molecule has 0 heterocycles. The zero-order chi connectivity index (χ0) is 19.2. The number of carbonyl (C=O) groups excluding carboxylic acids is 1. The third kappa shape index (κ3) is 5.03. The Hall–Kier alpha value is -2.45. The molecule has 2 N–H and O–H groups in total. The standard InChI is InChI=1S/C18H22FN3O3S/c1-3-22(4-2)26(24,25)17-10-6-8-15(12-17)20-13-18(23)21-16-9-5-7-14(19)11-16/h5-12,20H,3-4,13H2,1-2H3,(H,21,23). The lowest BCUT2D eigenvalue weighted by atomic mass is 10.3. The Kier molecular flexibility index (Phi) is 6.70. The fourth-order valence-corrected chi connectivity index (χ4v) is 3.94. The summed E-state index contributed by atoms with van der Waals surface area (Å²) >= 11 is 0. The fourth-order valence-electron chi connectivity index (χ4n) is 2.43. The van der Waals surface area contributed by atoms with E-state index in [2.05, 4.69) is 10.6 Å². The summed E-state index contributed by atoms with van der Waals surface area (Å²) in [5, 5.41) is 5.44. The van der Waals surface area contributed by atoms with Gasteiger partial charge >= 0.3 is 0 Å². The van der Waals surface area contributed by atoms with Crippen molar-refractivity contribution in [3.63, 3.8) is 0 Å². The molecule has 0 unspecified atom stereocenters. The van der Waals surface area contributed by atoms with Crippen LogP contribution < -0.4 is 10.6 Å². The average molecular weight is 379 g/mol. The van der Waals surface area contributed by atoms with Crippen molar-refractivity contribution in [1.82, 2.24) is 4.31 Å². The van der Waals surface area contributed by atoms with Gasteiger partial charge in [-0.1, -0.05) is 26.0 Å². The summed E-state index contributed by atoms with van der Waals surface area (Å²) in [5.74, 6) is -0.808. The second kappa shape index (κ2) is 8.77. The molecular weight excluding hydrogens is 357 g/mol. The van der Waals surface area contributed by atoms with E-state index in [-0.39, 0.29) is 17.3 Å². The fraction of sp³-hybridized carbons (Fsp3) is 0.278. The van der Waals surface area contributed by atoms with E-state index in [4.69, 9.17) is 0 Å². The number of nitrogens with zero attached hydrogens (tertiary/aromatic N) is 1. The molecule has 2 aromatic carbocycles. The van der Waals surface area contributed by atoms with E-state index in [1.807, 2.05) is 0 Å². The Morgan fingerprint density at radius 2 is 1.69 bits per heavy atom. The van der Waals surface area contributed by atoms with E-state index in [0.717, 1.165) is 0 Å². The largest absolute Gasteiger partial charge is 0.376 e. The van der Waals surface area contributed by atoms with Crippen molar-refractivity contribution in [3.8, 4) is 0 Å². The van der Waals surface area contributed by atoms with Gasteiger partial charge in [0.15, 0.2) is 0 Å². The number of benzene rings is 2. The molecule has 0 saturated carbocycles. The zero-order valence-corrected chi connectivity index (χ0v) is 15.5. The molecule has 2 rings (SSSR count). The second-order valence-electron chi connectivity index (χ2n) is 5.53. The molecular formula is C18H22FN3O3S. The highest BCUT2D eigenvalue weighted by atomic mass is 32.2. The molecule has 0 radical (unpaired) electrons. The number of hydrogen-bond acceptors (Lipinski definition) is 4. The van der Waals surface area contributed by atoms with Crippen LogP contribution in [0, 0.1) is 5.82 Å². The Morgan fingerprint density at radius 1 is 1.04 bits per heavy atom. The maximum atomic E-state index is 13.1. The van der Waals surface area contributed by atoms with Crippen LogP contribution in [0.5, 0.6) is 0 Å². The third-order valence-corrected chi connectivity index (χ3v) is 5.78. The highest BCUT2D eigenvalue weighted by Gasteiger charge is 2.21. The third-order valence-electron chi connectivity index (χ3n) is 3.74. The molecule has 0 atom stereocenters. The number of rotatable bonds is 8. The van der Waals surface area contributed by atoms with Crippen LogP contribution >= 0.6 is 0 Å². The SMILES string of the molecule is CCN(CC)S(=O)(=O)c1cccc(NCC(=O)Nc2cccc(F)c2)c1. The van der Waals surface area contributed by atoms with Crippen LogP contribution in [-0.4, -0.2) is 38.3 Å². The summed E-state index contributed by atoms with van der Waals surface area (Å²) in [5.41, 5.74) is 0.863. The molecule has 0 spiro atoms. The van der Waals surface area contributed by atoms with E-state index in [1.165, 1.54) is 34.6 Å². The average Bonchev–Trinajstić information content (AvgIpc) is 2.61. The molecule has 0 aromatic heterocycles. The smallest absolute Gasteiger partial charge is 0.243 e. The van der Waals surface area contributed by atoms with Crippen LogP contribution in [0.4, 0.5) is 15.8 Å². The highest BCUT2D eigenvalue weighted by molar-refractivity contribution is 7.89. The van der Waals surface area contributed by atoms with Gasteiger partial charge in [0.25, 0.3) is 0 Å². The zero-order valence-electron chi connectivity index (χ0n) is 14.7. The van der Waals surface area contributed by atoms with Crippen molar-refractivity contribution < 1.29 is 17.6 Å². The first kappa shape index (κ1) is 19.9. The molecule has 26 heavy (non-hydrogen) atoms. The molecule has 0 aliphatic heterocycles. The van der Waals surface area contributed by atoms with Gasteiger partial charge < -0.3 is 10.6 Å². The van der Waals surface area contributed by atoms with Crippen LogP contribution in [0.1, 0.15) is 13.8 Å². The summed E-state index contributed by atoms with van der Waals surface area (Å²) in [6.07, 6.45) is 0. The van der Waals surface area contributed by atoms with Crippen molar-refractivity contribution in [3.05, 3.63) is 54.3 Å². The Morgan fingerprint density at radius 3 is 2.35 bits per heavy atom. The van der Waals surface area contributed by atoms with Gasteiger partial charge in [0.2, 0.25) is 15.9 Å². The first-order chi connectivity index (χ1) is 12.4. The van der Waals surface area contributed by atoms with E-state index in [9.17, 15) is 17.6 Å². The number of anilines is 2. The maximum Gasteiger partial charge on any atom is 0.243 e. The first-order valence-electron chi connectivity index (χ1n) is 8.26. The van der Waals surface area contributed by atoms with Crippen molar-refractivity contribution in [1.29, 1.82) is 0 Å². The lowest BCUT2D eigenvalue weighted by Gasteiger charge is -2.19. The number of amides is 1. The molecule has 1 amide bonds. The highest BCUT2D eigenvalue weighted by Crippen LogP contribution is 2.19. The molecule has 0 saturated heterocycles. The van der Waals surface area contributed by atoms with Crippen LogP contribution in [0.3, 0.4) is 0 Å². The molecule has 2 aromatic rings. The second-order valence-corrected chi connectivity index (χ2v) is 7.47. The number of sulfonamides is 1. The Balaban J connectivity index is 2.03. The minimum absolute atomic E-state index is 0.0781. The lowest BCUT2D eigenvalue weighted by Crippen LogP contribution is -2.30. The molecule has 8 heteroatoms. The summed E-state index contributed by atoms with van der Waals surface area (Å²) < 4.78 is 39.6. The summed E-state index contributed by atoms with van der Waals surface area (Å²) in [6.45, 7) is 4.24. The number of nitrogens with one attached hydrogen (secondary N) is 2. The van der Waals surface area contributed by atoms with E-state index in [1.54, 1.807) is 32.0 Å². The lowest BCUT2D eigenvalue weighted by molar-refractivity contribution is -0.114. The van der Waals surface area contributed by atoms with Crippen LogP contribution in [0.2, 0.25) is 0 Å². The minimum atomic E-state index is -3.56. The maximum absolute atomic E-state index is 13.1. The minimum Gasteiger partial charge on any atom is -0.376 e. The van der Waals surface area contributed by atoms with Crippen LogP contribution in [-0.2, 0) is 14.8 Å². The molecule has 0 aliphatic carbocycles. The van der Waals surface area contributed by atoms with Gasteiger partial charge in [-0.3, -0.25) is 4.79 Å². The predicted octanol–water partition coefficient (Wildman–Crippen LogP) is 2.91. The van der Waals surface area contributed by atoms with Gasteiger partial charge in [-0.2, -0.15) is 4.31 Å². The number of carbonyl (C=O) groups is 1. The van der Waals surface area contributed by atoms with Gasteiger partial charge in [-0.25, -0.2) is 12.8 Å². The van der Waals surface area contributed by atoms with Gasteiger partial charge in [-0.15, -0.1) is 0 Å². The van der Waals surface area contributed by atoms with Crippen LogP contribution in [0.15, 0.2) is 53.4 Å². The molecule has 140 valence electrons. The van der Waals surface area contributed by atoms with Crippen molar-refractivity contribution in [2.24, 2.45) is 0 Å². The van der Waals surface area contributed by atoms with E-state index in [0.29, 0.717) is 24.5 Å². The van der Waals surface area contributed by atoms with E-state index >= 15 is 0 Å². The topological polar surface area (TPSA) is 78.5 Å². The van der Waals surface area contributed by atoms with E-state index < -0.39 is 15.8 Å². The van der Waals surface area contributed by atoms with Crippen molar-refractivity contribution >= 4 is 27.3 Å². The van der Waals surface area contributed by atoms with Gasteiger partial charge in [0.05, 0.1) is 11.4 Å². The molecule has 6 nitrogen and oxygen atoms in total. The number of hydrogen-bond donors (Lipinski definition) is 2. The van der Waals surface area contributed by atoms with Crippen LogP contribution in [0.25, 0.3) is 0 Å². The normalized spacial score (nSPS) is 11.4. The summed E-state index contributed by atoms with van der Waals surface area (Å²) in [4.78, 5) is 12.1. The van der Waals surface area contributed by atoms with Gasteiger partial charge in [0.1, 0.15) is 5.82 Å². The van der Waals surface area contributed by atoms with Gasteiger partial charge in [0, 0.05) is 24.5 Å². The van der Waals surface area contributed by atoms with Crippen molar-refractivity contribution in [2.75, 3.05) is 30.3 Å². The summed E-state index contributed by atoms with van der Waals surface area (Å²) in [7, 11) is -3.56. The Bertz CT molecular complexity index is 867. The first-order valence-corrected chi connectivity index (χ1v) is 9.70.